The fraction of sp³-hybridized carbons (Fsp3) is 0.500. The molecular formula is C14H18Cl2NO2P. The molecule has 1 N–H and O–H groups in total. The van der Waals surface area contributed by atoms with Gasteiger partial charge in [0, 0.05) is 27.8 Å². The number of hydrogen-bond donors (Lipinski definition) is 1. The third-order valence-corrected chi connectivity index (χ3v) is 4.88. The molecule has 2 unspecified atom stereocenters. The molecule has 0 spiro atoms. The second kappa shape index (κ2) is 7.09. The van der Waals surface area contributed by atoms with Gasteiger partial charge in [0.05, 0.1) is 16.7 Å². The second-order valence-electron chi connectivity index (χ2n) is 5.16. The van der Waals surface area contributed by atoms with Crippen LogP contribution in [0.5, 0.6) is 0 Å². The molecule has 0 aliphatic carbocycles. The fourth-order valence-electron chi connectivity index (χ4n) is 2.72. The van der Waals surface area contributed by atoms with Crippen molar-refractivity contribution in [1.82, 2.24) is 5.32 Å². The first-order valence-corrected chi connectivity index (χ1v) is 7.84. The molecule has 0 radical (unpaired) electrons. The van der Waals surface area contributed by atoms with Gasteiger partial charge in [-0.3, -0.25) is 4.79 Å². The van der Waals surface area contributed by atoms with Gasteiger partial charge in [-0.2, -0.15) is 0 Å². The van der Waals surface area contributed by atoms with Crippen LogP contribution in [0.4, 0.5) is 0 Å². The first-order valence-electron chi connectivity index (χ1n) is 6.61. The summed E-state index contributed by atoms with van der Waals surface area (Å²) in [5.41, 5.74) is 1.06. The van der Waals surface area contributed by atoms with Gasteiger partial charge in [-0.1, -0.05) is 29.3 Å². The van der Waals surface area contributed by atoms with Crippen LogP contribution in [-0.2, 0) is 14.7 Å². The standard InChI is InChI=1S/C14H18Cl2NO2P/c15-11-3-2-10(8-12(11)16)14(5-1-7-19-20)6-4-13(18)17-9-14/h2-3,8H,1,4-7,9,20H2,(H,17,18). The summed E-state index contributed by atoms with van der Waals surface area (Å²) in [6, 6.07) is 5.75. The Morgan fingerprint density at radius 1 is 1.35 bits per heavy atom. The average molecular weight is 334 g/mol. The zero-order valence-electron chi connectivity index (χ0n) is 11.1. The smallest absolute Gasteiger partial charge is 0.220 e. The van der Waals surface area contributed by atoms with Gasteiger partial charge in [0.25, 0.3) is 0 Å². The molecule has 110 valence electrons. The van der Waals surface area contributed by atoms with Crippen LogP contribution in [0.15, 0.2) is 18.2 Å². The number of amides is 1. The largest absolute Gasteiger partial charge is 0.366 e. The minimum Gasteiger partial charge on any atom is -0.366 e. The number of hydrogen-bond acceptors (Lipinski definition) is 2. The van der Waals surface area contributed by atoms with Crippen molar-refractivity contribution in [2.45, 2.75) is 31.1 Å². The fourth-order valence-corrected chi connectivity index (χ4v) is 3.19. The molecular weight excluding hydrogens is 316 g/mol. The van der Waals surface area contributed by atoms with Gasteiger partial charge < -0.3 is 9.84 Å². The van der Waals surface area contributed by atoms with E-state index in [0.717, 1.165) is 24.8 Å². The molecule has 2 atom stereocenters. The van der Waals surface area contributed by atoms with E-state index in [1.54, 1.807) is 0 Å². The molecule has 1 aliphatic heterocycles. The van der Waals surface area contributed by atoms with Gasteiger partial charge in [-0.05, 0) is 37.0 Å². The van der Waals surface area contributed by atoms with E-state index in [9.17, 15) is 4.79 Å². The quantitative estimate of drug-likeness (QED) is 0.658. The Balaban J connectivity index is 2.25. The second-order valence-corrected chi connectivity index (χ2v) is 6.31. The normalized spacial score (nSPS) is 22.6. The molecule has 3 nitrogen and oxygen atoms in total. The van der Waals surface area contributed by atoms with E-state index in [4.69, 9.17) is 27.7 Å². The molecule has 0 saturated carbocycles. The minimum atomic E-state index is -0.0780. The summed E-state index contributed by atoms with van der Waals surface area (Å²) in [5.74, 6) is 0.114. The van der Waals surface area contributed by atoms with E-state index in [-0.39, 0.29) is 11.3 Å². The summed E-state index contributed by atoms with van der Waals surface area (Å²) in [6.07, 6.45) is 3.24. The Bertz CT molecular complexity index is 486. The number of nitrogens with one attached hydrogen (secondary N) is 1. The van der Waals surface area contributed by atoms with Crippen molar-refractivity contribution in [1.29, 1.82) is 0 Å². The van der Waals surface area contributed by atoms with Crippen LogP contribution in [0.2, 0.25) is 10.0 Å². The number of carbonyl (C=O) groups is 1. The lowest BCUT2D eigenvalue weighted by Gasteiger charge is -2.38. The summed E-state index contributed by atoms with van der Waals surface area (Å²) in [7, 11) is 2.27. The average Bonchev–Trinajstić information content (AvgIpc) is 2.45. The maximum Gasteiger partial charge on any atom is 0.220 e. The number of rotatable bonds is 5. The van der Waals surface area contributed by atoms with Crippen molar-refractivity contribution in [2.75, 3.05) is 13.2 Å². The molecule has 0 aromatic heterocycles. The first kappa shape index (κ1) is 16.0. The number of carbonyl (C=O) groups excluding carboxylic acids is 1. The number of halogens is 2. The molecule has 1 saturated heterocycles. The Hall–Kier alpha value is -0.340. The van der Waals surface area contributed by atoms with Crippen LogP contribution in [-0.4, -0.2) is 19.1 Å². The van der Waals surface area contributed by atoms with Crippen molar-refractivity contribution in [3.05, 3.63) is 33.8 Å². The molecule has 1 aromatic rings. The van der Waals surface area contributed by atoms with E-state index >= 15 is 0 Å². The first-order chi connectivity index (χ1) is 9.57. The van der Waals surface area contributed by atoms with E-state index in [1.807, 2.05) is 18.2 Å². The lowest BCUT2D eigenvalue weighted by Crippen LogP contribution is -2.46. The predicted octanol–water partition coefficient (Wildman–Crippen LogP) is 3.73. The monoisotopic (exact) mass is 333 g/mol. The number of benzene rings is 1. The molecule has 6 heteroatoms. The van der Waals surface area contributed by atoms with Crippen LogP contribution < -0.4 is 5.32 Å². The maximum absolute atomic E-state index is 11.4. The molecule has 1 heterocycles. The minimum absolute atomic E-state index is 0.0780. The summed E-state index contributed by atoms with van der Waals surface area (Å²) in [4.78, 5) is 11.4. The third-order valence-electron chi connectivity index (χ3n) is 3.90. The highest BCUT2D eigenvalue weighted by molar-refractivity contribution is 7.09. The highest BCUT2D eigenvalue weighted by atomic mass is 35.5. The Kier molecular flexibility index (Phi) is 5.68. The van der Waals surface area contributed by atoms with Crippen LogP contribution in [0.1, 0.15) is 31.2 Å². The zero-order valence-corrected chi connectivity index (χ0v) is 13.8. The van der Waals surface area contributed by atoms with Gasteiger partial charge >= 0.3 is 0 Å². The summed E-state index contributed by atoms with van der Waals surface area (Å²) >= 11 is 12.1. The van der Waals surface area contributed by atoms with Gasteiger partial charge in [-0.25, -0.2) is 0 Å². The molecule has 1 aliphatic rings. The van der Waals surface area contributed by atoms with E-state index in [1.165, 1.54) is 0 Å². The van der Waals surface area contributed by atoms with Crippen molar-refractivity contribution < 1.29 is 9.32 Å². The van der Waals surface area contributed by atoms with Gasteiger partial charge in [0.1, 0.15) is 0 Å². The zero-order chi connectivity index (χ0) is 14.6. The summed E-state index contributed by atoms with van der Waals surface area (Å²) in [5, 5.41) is 4.08. The third kappa shape index (κ3) is 3.65. The van der Waals surface area contributed by atoms with Gasteiger partial charge in [0.15, 0.2) is 0 Å². The van der Waals surface area contributed by atoms with E-state index in [2.05, 4.69) is 14.8 Å². The Morgan fingerprint density at radius 2 is 2.15 bits per heavy atom. The molecule has 0 bridgehead atoms. The van der Waals surface area contributed by atoms with Crippen LogP contribution >= 0.6 is 32.7 Å². The van der Waals surface area contributed by atoms with Gasteiger partial charge in [-0.15, -0.1) is 0 Å². The van der Waals surface area contributed by atoms with Crippen LogP contribution in [0, 0.1) is 0 Å². The van der Waals surface area contributed by atoms with Crippen LogP contribution in [0.25, 0.3) is 0 Å². The molecule has 20 heavy (non-hydrogen) atoms. The lowest BCUT2D eigenvalue weighted by molar-refractivity contribution is -0.123. The Morgan fingerprint density at radius 3 is 2.75 bits per heavy atom. The highest BCUT2D eigenvalue weighted by Crippen LogP contribution is 2.38. The lowest BCUT2D eigenvalue weighted by atomic mass is 9.71. The Labute approximate surface area is 131 Å². The van der Waals surface area contributed by atoms with Crippen molar-refractivity contribution in [3.8, 4) is 0 Å². The van der Waals surface area contributed by atoms with Crippen LogP contribution in [0.3, 0.4) is 0 Å². The molecule has 1 aromatic carbocycles. The van der Waals surface area contributed by atoms with Crippen molar-refractivity contribution >= 4 is 38.6 Å². The number of piperidine rings is 1. The van der Waals surface area contributed by atoms with E-state index in [0.29, 0.717) is 29.6 Å². The maximum atomic E-state index is 11.4. The topological polar surface area (TPSA) is 38.3 Å². The molecule has 2 rings (SSSR count). The summed E-state index contributed by atoms with van der Waals surface area (Å²) in [6.45, 7) is 1.32. The predicted molar refractivity (Wildman–Crippen MR) is 85.3 cm³/mol. The van der Waals surface area contributed by atoms with E-state index < -0.39 is 0 Å². The molecule has 1 fully saturated rings. The van der Waals surface area contributed by atoms with Gasteiger partial charge in [0.2, 0.25) is 5.91 Å². The SMILES string of the molecule is O=C1CCC(CCCOP)(c2ccc(Cl)c(Cl)c2)CN1. The molecule has 1 amide bonds. The summed E-state index contributed by atoms with van der Waals surface area (Å²) < 4.78 is 5.06. The highest BCUT2D eigenvalue weighted by Gasteiger charge is 2.36. The van der Waals surface area contributed by atoms with Crippen molar-refractivity contribution in [3.63, 3.8) is 0 Å². The van der Waals surface area contributed by atoms with Crippen molar-refractivity contribution in [2.24, 2.45) is 0 Å².